The van der Waals surface area contributed by atoms with Crippen LogP contribution in [0.25, 0.3) is 0 Å². The highest BCUT2D eigenvalue weighted by molar-refractivity contribution is 5.70. The van der Waals surface area contributed by atoms with Crippen molar-refractivity contribution in [3.8, 4) is 0 Å². The molecule has 0 rings (SSSR count). The van der Waals surface area contributed by atoms with Gasteiger partial charge in [-0.15, -0.1) is 0 Å². The number of hydrogen-bond donors (Lipinski definition) is 0. The summed E-state index contributed by atoms with van der Waals surface area (Å²) in [5.74, 6) is -0.433. The number of rotatable bonds is 52. The van der Waals surface area contributed by atoms with E-state index in [1.54, 1.807) is 0 Å². The minimum atomic E-state index is -0.438. The van der Waals surface area contributed by atoms with Crippen molar-refractivity contribution in [3.63, 3.8) is 0 Å². The third kappa shape index (κ3) is 55.4. The Labute approximate surface area is 422 Å². The molecule has 0 saturated carbocycles. The second-order valence-corrected chi connectivity index (χ2v) is 18.8. The third-order valence-corrected chi connectivity index (χ3v) is 12.2. The minimum absolute atomic E-state index is 0.112. The van der Waals surface area contributed by atoms with Gasteiger partial charge < -0.3 is 14.2 Å². The van der Waals surface area contributed by atoms with Crippen molar-refractivity contribution in [3.05, 3.63) is 97.2 Å². The van der Waals surface area contributed by atoms with E-state index < -0.39 is 6.10 Å². The summed E-state index contributed by atoms with van der Waals surface area (Å²) in [6.45, 7) is 7.52. The van der Waals surface area contributed by atoms with E-state index in [1.165, 1.54) is 148 Å². The highest BCUT2D eigenvalue weighted by Gasteiger charge is 2.16. The maximum Gasteiger partial charge on any atom is 0.306 e. The molecule has 0 bridgehead atoms. The molecule has 0 spiro atoms. The number of ether oxygens (including phenoxy) is 3. The van der Waals surface area contributed by atoms with Gasteiger partial charge in [-0.25, -0.2) is 0 Å². The van der Waals surface area contributed by atoms with Crippen LogP contribution in [0.2, 0.25) is 0 Å². The predicted molar refractivity (Wildman–Crippen MR) is 297 cm³/mol. The highest BCUT2D eigenvalue weighted by atomic mass is 16.6. The van der Waals surface area contributed by atoms with Gasteiger partial charge in [-0.2, -0.15) is 0 Å². The summed E-state index contributed by atoms with van der Waals surface area (Å²) in [6, 6.07) is 0. The number of allylic oxidation sites excluding steroid dienone is 16. The van der Waals surface area contributed by atoms with E-state index in [0.29, 0.717) is 25.9 Å². The second-order valence-electron chi connectivity index (χ2n) is 18.8. The zero-order chi connectivity index (χ0) is 49.2. The summed E-state index contributed by atoms with van der Waals surface area (Å²) in [5, 5.41) is 0. The Kier molecular flexibility index (Phi) is 55.4. The Hall–Kier alpha value is -3.18. The van der Waals surface area contributed by atoms with E-state index in [4.69, 9.17) is 14.2 Å². The van der Waals surface area contributed by atoms with Crippen molar-refractivity contribution in [1.29, 1.82) is 0 Å². The fraction of sp³-hybridized carbons (Fsp3) is 0.714. The first-order valence-corrected chi connectivity index (χ1v) is 28.8. The monoisotopic (exact) mass is 945 g/mol. The van der Waals surface area contributed by atoms with E-state index in [0.717, 1.165) is 77.0 Å². The fourth-order valence-electron chi connectivity index (χ4n) is 7.84. The average Bonchev–Trinajstić information content (AvgIpc) is 3.34. The molecule has 0 aliphatic carbocycles. The van der Waals surface area contributed by atoms with Gasteiger partial charge in [0.15, 0.2) is 0 Å². The van der Waals surface area contributed by atoms with Gasteiger partial charge in [0.05, 0.1) is 0 Å². The summed E-state index contributed by atoms with van der Waals surface area (Å²) in [4.78, 5) is 25.3. The molecule has 1 atom stereocenters. The molecule has 0 N–H and O–H groups in total. The van der Waals surface area contributed by atoms with E-state index in [-0.39, 0.29) is 25.2 Å². The van der Waals surface area contributed by atoms with Gasteiger partial charge >= 0.3 is 11.9 Å². The van der Waals surface area contributed by atoms with Crippen molar-refractivity contribution >= 4 is 11.9 Å². The summed E-state index contributed by atoms with van der Waals surface area (Å²) < 4.78 is 17.4. The maximum atomic E-state index is 12.7. The molecule has 0 amide bonds. The third-order valence-electron chi connectivity index (χ3n) is 12.2. The Morgan fingerprint density at radius 2 is 0.632 bits per heavy atom. The summed E-state index contributed by atoms with van der Waals surface area (Å²) in [7, 11) is 0. The van der Waals surface area contributed by atoms with Crippen LogP contribution in [0.5, 0.6) is 0 Å². The Morgan fingerprint density at radius 1 is 0.324 bits per heavy atom. The van der Waals surface area contributed by atoms with Gasteiger partial charge in [0.1, 0.15) is 19.3 Å². The Bertz CT molecular complexity index is 1300. The molecule has 0 aliphatic rings. The maximum absolute atomic E-state index is 12.7. The van der Waals surface area contributed by atoms with Gasteiger partial charge in [0, 0.05) is 19.4 Å². The van der Waals surface area contributed by atoms with Crippen molar-refractivity contribution in [2.45, 2.75) is 271 Å². The fourth-order valence-corrected chi connectivity index (χ4v) is 7.84. The predicted octanol–water partition coefficient (Wildman–Crippen LogP) is 19.8. The van der Waals surface area contributed by atoms with Crippen LogP contribution in [-0.2, 0) is 23.8 Å². The molecule has 5 heteroatoms. The minimum Gasteiger partial charge on any atom is -0.463 e. The molecule has 0 aliphatic heterocycles. The normalized spacial score (nSPS) is 12.9. The van der Waals surface area contributed by atoms with Gasteiger partial charge in [-0.3, -0.25) is 9.59 Å². The Morgan fingerprint density at radius 3 is 1.06 bits per heavy atom. The smallest absolute Gasteiger partial charge is 0.306 e. The van der Waals surface area contributed by atoms with Crippen LogP contribution in [0.4, 0.5) is 0 Å². The van der Waals surface area contributed by atoms with Crippen LogP contribution in [0, 0.1) is 0 Å². The molecule has 0 radical (unpaired) electrons. The molecule has 5 nitrogen and oxygen atoms in total. The summed E-state index contributed by atoms with van der Waals surface area (Å²) in [6.07, 6.45) is 78.9. The quantitative estimate of drug-likeness (QED) is 0.0345. The molecule has 0 aromatic rings. The standard InChI is InChI=1S/C63H108O5/c1-4-7-10-13-16-19-22-25-28-31-32-34-36-39-42-45-48-51-54-57-63(65)68-60-61(66-58-55-52-49-46-43-40-37-30-27-24-21-18-15-12-9-6-3)59-67-62(64)56-53-50-47-44-41-38-35-33-29-26-23-20-17-14-11-8-5-2/h7,10,16-17,19-20,25-26,28-29,32,34,39,42,48,51,61H,4-6,8-9,11-15,18,21-24,27,30-31,33,35-38,40-41,43-47,49-50,52-60H2,1-3H3/b10-7-,19-16-,20-17-,28-25-,29-26-,34-32-,42-39-,51-48-/t61-/m0/s1. The molecule has 0 aromatic carbocycles. The zero-order valence-electron chi connectivity index (χ0n) is 44.8. The lowest BCUT2D eigenvalue weighted by molar-refractivity contribution is -0.155. The largest absolute Gasteiger partial charge is 0.463 e. The summed E-state index contributed by atoms with van der Waals surface area (Å²) >= 11 is 0. The number of carbonyl (C=O) groups excluding carboxylic acids is 2. The van der Waals surface area contributed by atoms with Crippen LogP contribution >= 0.6 is 0 Å². The first kappa shape index (κ1) is 64.8. The molecule has 0 heterocycles. The lowest BCUT2D eigenvalue weighted by Gasteiger charge is -2.18. The first-order valence-electron chi connectivity index (χ1n) is 28.8. The number of hydrogen-bond acceptors (Lipinski definition) is 5. The van der Waals surface area contributed by atoms with E-state index >= 15 is 0 Å². The van der Waals surface area contributed by atoms with Crippen LogP contribution in [0.1, 0.15) is 265 Å². The SMILES string of the molecule is CC/C=C\C/C=C\C/C=C\C/C=C\C/C=C\C/C=C\CCC(=O)OC[C@H](COC(=O)CCCCCCCCC/C=C\C/C=C\CCCCC)OCCCCCCCCCCCCCCCCCC. The molecule has 0 fully saturated rings. The van der Waals surface area contributed by atoms with Crippen molar-refractivity contribution < 1.29 is 23.8 Å². The highest BCUT2D eigenvalue weighted by Crippen LogP contribution is 2.15. The molecule has 390 valence electrons. The second kappa shape index (κ2) is 58.1. The lowest BCUT2D eigenvalue weighted by atomic mass is 10.0. The Balaban J connectivity index is 4.39. The van der Waals surface area contributed by atoms with Crippen LogP contribution in [0.3, 0.4) is 0 Å². The van der Waals surface area contributed by atoms with Gasteiger partial charge in [-0.1, -0.05) is 259 Å². The first-order chi connectivity index (χ1) is 33.6. The molecule has 68 heavy (non-hydrogen) atoms. The van der Waals surface area contributed by atoms with Crippen molar-refractivity contribution in [1.82, 2.24) is 0 Å². The van der Waals surface area contributed by atoms with E-state index in [2.05, 4.69) is 112 Å². The van der Waals surface area contributed by atoms with E-state index in [1.807, 2.05) is 6.08 Å². The number of unbranched alkanes of at least 4 members (excludes halogenated alkanes) is 25. The molecule has 0 unspecified atom stereocenters. The number of carbonyl (C=O) groups is 2. The average molecular weight is 946 g/mol. The number of esters is 2. The van der Waals surface area contributed by atoms with Crippen molar-refractivity contribution in [2.24, 2.45) is 0 Å². The van der Waals surface area contributed by atoms with Gasteiger partial charge in [0.25, 0.3) is 0 Å². The van der Waals surface area contributed by atoms with Crippen LogP contribution in [-0.4, -0.2) is 37.9 Å². The van der Waals surface area contributed by atoms with Crippen molar-refractivity contribution in [2.75, 3.05) is 19.8 Å². The molecule has 0 aromatic heterocycles. The zero-order valence-corrected chi connectivity index (χ0v) is 44.8. The molecular weight excluding hydrogens is 837 g/mol. The van der Waals surface area contributed by atoms with Gasteiger partial charge in [-0.05, 0) is 89.9 Å². The topological polar surface area (TPSA) is 61.8 Å². The van der Waals surface area contributed by atoms with Crippen LogP contribution in [0.15, 0.2) is 97.2 Å². The lowest BCUT2D eigenvalue weighted by Crippen LogP contribution is -2.29. The van der Waals surface area contributed by atoms with E-state index in [9.17, 15) is 9.59 Å². The molecular formula is C63H108O5. The molecule has 0 saturated heterocycles. The summed E-state index contributed by atoms with van der Waals surface area (Å²) in [5.41, 5.74) is 0. The van der Waals surface area contributed by atoms with Gasteiger partial charge in [0.2, 0.25) is 0 Å². The van der Waals surface area contributed by atoms with Crippen LogP contribution < -0.4 is 0 Å².